The van der Waals surface area contributed by atoms with Crippen LogP contribution in [0.4, 0.5) is 0 Å². The average molecular weight is 357 g/mol. The van der Waals surface area contributed by atoms with Gasteiger partial charge in [-0.25, -0.2) is 4.79 Å². The summed E-state index contributed by atoms with van der Waals surface area (Å²) in [5.74, 6) is 2.72. The summed E-state index contributed by atoms with van der Waals surface area (Å²) >= 11 is 3.87. The maximum atomic E-state index is 11.9. The van der Waals surface area contributed by atoms with E-state index >= 15 is 0 Å². The van der Waals surface area contributed by atoms with Crippen molar-refractivity contribution in [1.29, 1.82) is 5.26 Å². The van der Waals surface area contributed by atoms with Crippen molar-refractivity contribution in [2.45, 2.75) is 4.58 Å². The molecule has 0 radical (unpaired) electrons. The summed E-state index contributed by atoms with van der Waals surface area (Å²) in [6.07, 6.45) is 0. The molecule has 2 aromatic rings. The Morgan fingerprint density at radius 1 is 1.12 bits per heavy atom. The molecule has 1 saturated heterocycles. The van der Waals surface area contributed by atoms with Gasteiger partial charge in [0.25, 0.3) is 0 Å². The van der Waals surface area contributed by atoms with Gasteiger partial charge in [0.2, 0.25) is 0 Å². The molecular weight excluding hydrogens is 342 g/mol. The fourth-order valence-corrected chi connectivity index (χ4v) is 5.09. The number of carbonyl (C=O) groups is 1. The van der Waals surface area contributed by atoms with Crippen molar-refractivity contribution < 1.29 is 14.3 Å². The molecule has 0 saturated carbocycles. The number of ether oxygens (including phenoxy) is 2. The summed E-state index contributed by atoms with van der Waals surface area (Å²) in [6.45, 7) is -0.241. The summed E-state index contributed by atoms with van der Waals surface area (Å²) in [5.41, 5.74) is 1.63. The number of nitrogens with zero attached hydrogens (tertiary/aromatic N) is 1. The zero-order valence-corrected chi connectivity index (χ0v) is 14.4. The highest BCUT2D eigenvalue weighted by atomic mass is 32.2. The molecule has 0 unspecified atom stereocenters. The van der Waals surface area contributed by atoms with Gasteiger partial charge in [-0.05, 0) is 29.8 Å². The SMILES string of the molecule is N#Cc1ccccc1OCC(=O)Oc1ccc(C2SCCS2)cc1. The lowest BCUT2D eigenvalue weighted by molar-refractivity contribution is -0.136. The number of para-hydroxylation sites is 1. The second-order valence-corrected chi connectivity index (χ2v) is 7.74. The summed E-state index contributed by atoms with van der Waals surface area (Å²) in [6, 6.07) is 16.4. The Labute approximate surface area is 149 Å². The monoisotopic (exact) mass is 357 g/mol. The maximum absolute atomic E-state index is 11.9. The van der Waals surface area contributed by atoms with Crippen LogP contribution in [0.2, 0.25) is 0 Å². The van der Waals surface area contributed by atoms with E-state index in [9.17, 15) is 4.79 Å². The van der Waals surface area contributed by atoms with Gasteiger partial charge in [-0.2, -0.15) is 5.26 Å². The summed E-state index contributed by atoms with van der Waals surface area (Å²) < 4.78 is 11.1. The summed E-state index contributed by atoms with van der Waals surface area (Å²) in [4.78, 5) is 11.9. The predicted molar refractivity (Wildman–Crippen MR) is 96.4 cm³/mol. The number of rotatable bonds is 5. The van der Waals surface area contributed by atoms with Crippen LogP contribution in [0.5, 0.6) is 11.5 Å². The molecule has 0 N–H and O–H groups in total. The highest BCUT2D eigenvalue weighted by Gasteiger charge is 2.18. The van der Waals surface area contributed by atoms with Crippen molar-refractivity contribution in [1.82, 2.24) is 0 Å². The first kappa shape index (κ1) is 16.7. The zero-order valence-electron chi connectivity index (χ0n) is 12.8. The van der Waals surface area contributed by atoms with Crippen LogP contribution in [0.3, 0.4) is 0 Å². The highest BCUT2D eigenvalue weighted by molar-refractivity contribution is 8.19. The fourth-order valence-electron chi connectivity index (χ4n) is 2.23. The number of hydrogen-bond acceptors (Lipinski definition) is 6. The van der Waals surface area contributed by atoms with Gasteiger partial charge in [0.1, 0.15) is 17.6 Å². The second-order valence-electron chi connectivity index (χ2n) is 5.01. The molecule has 6 heteroatoms. The Hall–Kier alpha value is -2.10. The Morgan fingerprint density at radius 2 is 1.83 bits per heavy atom. The van der Waals surface area contributed by atoms with Gasteiger partial charge >= 0.3 is 5.97 Å². The molecule has 0 amide bonds. The molecule has 1 fully saturated rings. The quantitative estimate of drug-likeness (QED) is 0.595. The van der Waals surface area contributed by atoms with E-state index in [0.29, 0.717) is 21.6 Å². The average Bonchev–Trinajstić information content (AvgIpc) is 3.15. The van der Waals surface area contributed by atoms with E-state index < -0.39 is 5.97 Å². The molecule has 3 rings (SSSR count). The van der Waals surface area contributed by atoms with Gasteiger partial charge in [-0.15, -0.1) is 23.5 Å². The minimum atomic E-state index is -0.500. The van der Waals surface area contributed by atoms with Crippen molar-refractivity contribution >= 4 is 29.5 Å². The van der Waals surface area contributed by atoms with Gasteiger partial charge in [-0.1, -0.05) is 24.3 Å². The van der Waals surface area contributed by atoms with Crippen molar-refractivity contribution in [3.8, 4) is 17.6 Å². The van der Waals surface area contributed by atoms with E-state index in [-0.39, 0.29) is 6.61 Å². The van der Waals surface area contributed by atoms with Crippen LogP contribution in [0.15, 0.2) is 48.5 Å². The molecule has 2 aromatic carbocycles. The second kappa shape index (κ2) is 8.13. The number of nitriles is 1. The van der Waals surface area contributed by atoms with E-state index in [1.54, 1.807) is 36.4 Å². The molecule has 0 spiro atoms. The van der Waals surface area contributed by atoms with Crippen LogP contribution in [0, 0.1) is 11.3 Å². The number of esters is 1. The van der Waals surface area contributed by atoms with Crippen LogP contribution in [-0.4, -0.2) is 24.1 Å². The third kappa shape index (κ3) is 4.25. The van der Waals surface area contributed by atoms with E-state index in [1.165, 1.54) is 17.1 Å². The van der Waals surface area contributed by atoms with Gasteiger partial charge < -0.3 is 9.47 Å². The van der Waals surface area contributed by atoms with Gasteiger partial charge in [0, 0.05) is 11.5 Å². The molecule has 0 aliphatic carbocycles. The highest BCUT2D eigenvalue weighted by Crippen LogP contribution is 2.45. The van der Waals surface area contributed by atoms with Gasteiger partial charge in [0.15, 0.2) is 6.61 Å². The van der Waals surface area contributed by atoms with E-state index in [0.717, 1.165) is 0 Å². The molecule has 0 bridgehead atoms. The smallest absolute Gasteiger partial charge is 0.349 e. The third-order valence-corrected chi connectivity index (χ3v) is 6.46. The van der Waals surface area contributed by atoms with Gasteiger partial charge in [-0.3, -0.25) is 0 Å². The van der Waals surface area contributed by atoms with Crippen molar-refractivity contribution in [3.63, 3.8) is 0 Å². The molecule has 24 heavy (non-hydrogen) atoms. The van der Waals surface area contributed by atoms with Crippen molar-refractivity contribution in [3.05, 3.63) is 59.7 Å². The predicted octanol–water partition coefficient (Wildman–Crippen LogP) is 4.02. The minimum absolute atomic E-state index is 0.241. The van der Waals surface area contributed by atoms with Crippen LogP contribution in [0.25, 0.3) is 0 Å². The third-order valence-electron chi connectivity index (χ3n) is 3.36. The van der Waals surface area contributed by atoms with Crippen LogP contribution in [0.1, 0.15) is 15.7 Å². The van der Waals surface area contributed by atoms with E-state index in [2.05, 4.69) is 0 Å². The van der Waals surface area contributed by atoms with Crippen molar-refractivity contribution in [2.75, 3.05) is 18.1 Å². The number of benzene rings is 2. The van der Waals surface area contributed by atoms with E-state index in [1.807, 2.05) is 41.7 Å². The molecule has 122 valence electrons. The molecule has 1 aliphatic rings. The van der Waals surface area contributed by atoms with Crippen LogP contribution >= 0.6 is 23.5 Å². The number of carbonyl (C=O) groups excluding carboxylic acids is 1. The maximum Gasteiger partial charge on any atom is 0.349 e. The van der Waals surface area contributed by atoms with Gasteiger partial charge in [0.05, 0.1) is 10.1 Å². The van der Waals surface area contributed by atoms with Crippen molar-refractivity contribution in [2.24, 2.45) is 0 Å². The fraction of sp³-hybridized carbons (Fsp3) is 0.222. The zero-order chi connectivity index (χ0) is 16.8. The Balaban J connectivity index is 1.54. The Kier molecular flexibility index (Phi) is 5.68. The van der Waals surface area contributed by atoms with Crippen LogP contribution in [-0.2, 0) is 4.79 Å². The lowest BCUT2D eigenvalue weighted by Gasteiger charge is -2.10. The first-order valence-corrected chi connectivity index (χ1v) is 9.52. The number of thioether (sulfide) groups is 2. The first-order valence-electron chi connectivity index (χ1n) is 7.42. The van der Waals surface area contributed by atoms with E-state index in [4.69, 9.17) is 14.7 Å². The molecule has 0 atom stereocenters. The lowest BCUT2D eigenvalue weighted by atomic mass is 10.2. The molecule has 1 aliphatic heterocycles. The lowest BCUT2D eigenvalue weighted by Crippen LogP contribution is -2.18. The summed E-state index contributed by atoms with van der Waals surface area (Å²) in [5, 5.41) is 8.99. The Bertz CT molecular complexity index is 750. The molecule has 0 aromatic heterocycles. The largest absolute Gasteiger partial charge is 0.481 e. The Morgan fingerprint density at radius 3 is 2.54 bits per heavy atom. The van der Waals surface area contributed by atoms with Crippen LogP contribution < -0.4 is 9.47 Å². The topological polar surface area (TPSA) is 59.3 Å². The molecule has 4 nitrogen and oxygen atoms in total. The minimum Gasteiger partial charge on any atom is -0.481 e. The molecule has 1 heterocycles. The number of hydrogen-bond donors (Lipinski definition) is 0. The standard InChI is InChI=1S/C18H15NO3S2/c19-11-14-3-1-2-4-16(14)21-12-17(20)22-15-7-5-13(6-8-15)18-23-9-10-24-18/h1-8,18H,9-10,12H2. The summed E-state index contributed by atoms with van der Waals surface area (Å²) in [7, 11) is 0. The molecular formula is C18H15NO3S2. The normalized spacial score (nSPS) is 14.1. The first-order chi connectivity index (χ1) is 11.8.